The monoisotopic (exact) mass is 385 g/mol. The summed E-state index contributed by atoms with van der Waals surface area (Å²) < 4.78 is 5.33. The molecule has 0 radical (unpaired) electrons. The minimum Gasteiger partial charge on any atom is -0.482 e. The van der Waals surface area contributed by atoms with Crippen molar-refractivity contribution in [3.63, 3.8) is 0 Å². The Morgan fingerprint density at radius 2 is 1.89 bits per heavy atom. The highest BCUT2D eigenvalue weighted by Gasteiger charge is 2.36. The molecule has 0 aliphatic carbocycles. The molecule has 2 fully saturated rings. The van der Waals surface area contributed by atoms with Gasteiger partial charge in [-0.2, -0.15) is 0 Å². The van der Waals surface area contributed by atoms with E-state index in [-0.39, 0.29) is 48.4 Å². The molecule has 0 bridgehead atoms. The topological polar surface area (TPSA) is 96.0 Å². The summed E-state index contributed by atoms with van der Waals surface area (Å²) in [6.45, 7) is 1.50. The number of carbonyl (C=O) groups is 4. The zero-order valence-corrected chi connectivity index (χ0v) is 15.8. The number of ether oxygens (including phenoxy) is 1. The van der Waals surface area contributed by atoms with Crippen LogP contribution in [0.4, 0.5) is 5.69 Å². The lowest BCUT2D eigenvalue weighted by atomic mass is 9.88. The van der Waals surface area contributed by atoms with Crippen molar-refractivity contribution in [1.82, 2.24) is 9.80 Å². The predicted octanol–water partition coefficient (Wildman–Crippen LogP) is 0.917. The van der Waals surface area contributed by atoms with Crippen LogP contribution in [0, 0.1) is 11.8 Å². The minimum absolute atomic E-state index is 0.00638. The van der Waals surface area contributed by atoms with E-state index in [4.69, 9.17) is 4.74 Å². The lowest BCUT2D eigenvalue weighted by Crippen LogP contribution is -2.43. The summed E-state index contributed by atoms with van der Waals surface area (Å²) in [5, 5.41) is 2.72. The number of benzene rings is 1. The third-order valence-electron chi connectivity index (χ3n) is 5.76. The Bertz CT molecular complexity index is 844. The van der Waals surface area contributed by atoms with E-state index in [1.807, 2.05) is 0 Å². The molecule has 8 nitrogen and oxygen atoms in total. The standard InChI is InChI=1S/C20H23N3O5/c1-22-10-14(9-18(22)25)20(27)23-6-4-12(5-7-23)19(26)13-2-3-16-15(8-13)21-17(24)11-28-16/h2-3,8,12,14H,4-7,9-11H2,1H3,(H,21,24)/t14-/m0/s1. The highest BCUT2D eigenvalue weighted by Crippen LogP contribution is 2.31. The average Bonchev–Trinajstić information content (AvgIpc) is 3.05. The van der Waals surface area contributed by atoms with Gasteiger partial charge in [0.15, 0.2) is 12.4 Å². The van der Waals surface area contributed by atoms with Crippen molar-refractivity contribution in [3.8, 4) is 5.75 Å². The molecule has 148 valence electrons. The van der Waals surface area contributed by atoms with E-state index in [1.54, 1.807) is 35.0 Å². The summed E-state index contributed by atoms with van der Waals surface area (Å²) in [5.41, 5.74) is 1.06. The van der Waals surface area contributed by atoms with Gasteiger partial charge in [-0.05, 0) is 31.0 Å². The number of anilines is 1. The van der Waals surface area contributed by atoms with Crippen molar-refractivity contribution >= 4 is 29.2 Å². The Hall–Kier alpha value is -2.90. The number of rotatable bonds is 3. The van der Waals surface area contributed by atoms with Crippen molar-refractivity contribution in [3.05, 3.63) is 23.8 Å². The fourth-order valence-electron chi connectivity index (χ4n) is 4.12. The molecule has 1 aromatic rings. The van der Waals surface area contributed by atoms with Gasteiger partial charge in [0.2, 0.25) is 11.8 Å². The first-order valence-electron chi connectivity index (χ1n) is 9.56. The Labute approximate surface area is 162 Å². The largest absolute Gasteiger partial charge is 0.482 e. The third-order valence-corrected chi connectivity index (χ3v) is 5.76. The van der Waals surface area contributed by atoms with Crippen LogP contribution < -0.4 is 10.1 Å². The average molecular weight is 385 g/mol. The van der Waals surface area contributed by atoms with Crippen LogP contribution in [0.3, 0.4) is 0 Å². The normalized spacial score (nSPS) is 22.5. The summed E-state index contributed by atoms with van der Waals surface area (Å²) in [4.78, 5) is 52.0. The van der Waals surface area contributed by atoms with Crippen LogP contribution in [0.5, 0.6) is 5.75 Å². The fraction of sp³-hybridized carbons (Fsp3) is 0.500. The number of amides is 3. The van der Waals surface area contributed by atoms with Gasteiger partial charge in [-0.25, -0.2) is 0 Å². The van der Waals surface area contributed by atoms with Crippen LogP contribution in [-0.4, -0.2) is 66.6 Å². The number of nitrogens with one attached hydrogen (secondary N) is 1. The Morgan fingerprint density at radius 1 is 1.14 bits per heavy atom. The van der Waals surface area contributed by atoms with E-state index in [9.17, 15) is 19.2 Å². The molecule has 0 unspecified atom stereocenters. The van der Waals surface area contributed by atoms with Gasteiger partial charge in [0.25, 0.3) is 5.91 Å². The SMILES string of the molecule is CN1C[C@@H](C(=O)N2CCC(C(=O)c3ccc4c(c3)NC(=O)CO4)CC2)CC1=O. The van der Waals surface area contributed by atoms with Gasteiger partial charge in [0, 0.05) is 44.6 Å². The van der Waals surface area contributed by atoms with Crippen LogP contribution in [-0.2, 0) is 14.4 Å². The Kier molecular flexibility index (Phi) is 4.78. The summed E-state index contributed by atoms with van der Waals surface area (Å²) in [5.74, 6) is -0.0635. The molecule has 1 N–H and O–H groups in total. The number of carbonyl (C=O) groups excluding carboxylic acids is 4. The molecular formula is C20H23N3O5. The number of ketones is 1. The number of hydrogen-bond donors (Lipinski definition) is 1. The number of nitrogens with zero attached hydrogens (tertiary/aromatic N) is 2. The molecule has 3 aliphatic rings. The molecule has 0 aromatic heterocycles. The maximum absolute atomic E-state index is 12.9. The quantitative estimate of drug-likeness (QED) is 0.781. The minimum atomic E-state index is -0.269. The van der Waals surface area contributed by atoms with Crippen LogP contribution >= 0.6 is 0 Å². The lowest BCUT2D eigenvalue weighted by molar-refractivity contribution is -0.137. The Balaban J connectivity index is 1.37. The molecule has 0 spiro atoms. The van der Waals surface area contributed by atoms with Gasteiger partial charge in [-0.3, -0.25) is 19.2 Å². The number of fused-ring (bicyclic) bond motifs is 1. The molecule has 28 heavy (non-hydrogen) atoms. The highest BCUT2D eigenvalue weighted by molar-refractivity contribution is 6.02. The lowest BCUT2D eigenvalue weighted by Gasteiger charge is -2.33. The molecule has 1 aromatic carbocycles. The molecule has 3 heterocycles. The summed E-state index contributed by atoms with van der Waals surface area (Å²) >= 11 is 0. The maximum Gasteiger partial charge on any atom is 0.262 e. The van der Waals surface area contributed by atoms with Gasteiger partial charge in [0.05, 0.1) is 11.6 Å². The van der Waals surface area contributed by atoms with Gasteiger partial charge >= 0.3 is 0 Å². The van der Waals surface area contributed by atoms with Crippen LogP contribution in [0.15, 0.2) is 18.2 Å². The molecule has 3 amide bonds. The number of likely N-dealkylation sites (tertiary alicyclic amines) is 2. The third kappa shape index (κ3) is 3.46. The second-order valence-electron chi connectivity index (χ2n) is 7.69. The van der Waals surface area contributed by atoms with Gasteiger partial charge in [-0.15, -0.1) is 0 Å². The van der Waals surface area contributed by atoms with Crippen LogP contribution in [0.25, 0.3) is 0 Å². The van der Waals surface area contributed by atoms with Crippen molar-refractivity contribution < 1.29 is 23.9 Å². The highest BCUT2D eigenvalue weighted by atomic mass is 16.5. The zero-order chi connectivity index (χ0) is 19.8. The van der Waals surface area contributed by atoms with Gasteiger partial charge in [0.1, 0.15) is 5.75 Å². The summed E-state index contributed by atoms with van der Waals surface area (Å²) in [6, 6.07) is 5.08. The smallest absolute Gasteiger partial charge is 0.262 e. The molecule has 3 aliphatic heterocycles. The number of Topliss-reactive ketones (excluding diaryl/α,β-unsaturated/α-hetero) is 1. The molecule has 4 rings (SSSR count). The second kappa shape index (κ2) is 7.26. The van der Waals surface area contributed by atoms with E-state index in [0.717, 1.165) is 0 Å². The molecule has 2 saturated heterocycles. The molecule has 8 heteroatoms. The number of hydrogen-bond acceptors (Lipinski definition) is 5. The van der Waals surface area contributed by atoms with Crippen LogP contribution in [0.2, 0.25) is 0 Å². The van der Waals surface area contributed by atoms with Gasteiger partial charge < -0.3 is 19.9 Å². The molecular weight excluding hydrogens is 362 g/mol. The fourth-order valence-corrected chi connectivity index (χ4v) is 4.12. The van der Waals surface area contributed by atoms with E-state index in [2.05, 4.69) is 5.32 Å². The van der Waals surface area contributed by atoms with E-state index >= 15 is 0 Å². The van der Waals surface area contributed by atoms with Gasteiger partial charge in [-0.1, -0.05) is 0 Å². The molecule has 0 saturated carbocycles. The van der Waals surface area contributed by atoms with E-state index in [1.165, 1.54) is 0 Å². The zero-order valence-electron chi connectivity index (χ0n) is 15.8. The van der Waals surface area contributed by atoms with Crippen molar-refractivity contribution in [2.45, 2.75) is 19.3 Å². The van der Waals surface area contributed by atoms with E-state index < -0.39 is 0 Å². The first-order chi connectivity index (χ1) is 13.4. The summed E-state index contributed by atoms with van der Waals surface area (Å²) in [6.07, 6.45) is 1.47. The van der Waals surface area contributed by atoms with Crippen LogP contribution in [0.1, 0.15) is 29.6 Å². The van der Waals surface area contributed by atoms with Crippen molar-refractivity contribution in [2.24, 2.45) is 11.8 Å². The Morgan fingerprint density at radius 3 is 2.57 bits per heavy atom. The van der Waals surface area contributed by atoms with E-state index in [0.29, 0.717) is 49.5 Å². The first kappa shape index (κ1) is 18.5. The first-order valence-corrected chi connectivity index (χ1v) is 9.56. The van der Waals surface area contributed by atoms with Crippen molar-refractivity contribution in [2.75, 3.05) is 38.6 Å². The van der Waals surface area contributed by atoms with Crippen molar-refractivity contribution in [1.29, 1.82) is 0 Å². The predicted molar refractivity (Wildman–Crippen MR) is 99.9 cm³/mol. The summed E-state index contributed by atoms with van der Waals surface area (Å²) in [7, 11) is 1.71. The number of piperidine rings is 1. The maximum atomic E-state index is 12.9. The second-order valence-corrected chi connectivity index (χ2v) is 7.69. The molecule has 1 atom stereocenters.